The molecule has 2 amide bonds. The molecule has 21 heavy (non-hydrogen) atoms. The highest BCUT2D eigenvalue weighted by molar-refractivity contribution is 5.89. The summed E-state index contributed by atoms with van der Waals surface area (Å²) in [5.74, 6) is -0.293. The van der Waals surface area contributed by atoms with Crippen molar-refractivity contribution in [1.29, 1.82) is 0 Å². The number of halogens is 1. The molecule has 2 N–H and O–H groups in total. The van der Waals surface area contributed by atoms with Gasteiger partial charge in [-0.05, 0) is 62.9 Å². The van der Waals surface area contributed by atoms with E-state index >= 15 is 0 Å². The molecule has 2 heterocycles. The van der Waals surface area contributed by atoms with Gasteiger partial charge in [-0.1, -0.05) is 0 Å². The summed E-state index contributed by atoms with van der Waals surface area (Å²) in [7, 11) is 0. The van der Waals surface area contributed by atoms with Gasteiger partial charge in [0.25, 0.3) is 0 Å². The van der Waals surface area contributed by atoms with E-state index in [1.54, 1.807) is 12.1 Å². The molecule has 0 aliphatic carbocycles. The van der Waals surface area contributed by atoms with Crippen molar-refractivity contribution in [3.8, 4) is 0 Å². The minimum atomic E-state index is -0.293. The van der Waals surface area contributed by atoms with Gasteiger partial charge in [0.1, 0.15) is 5.82 Å². The fourth-order valence-corrected chi connectivity index (χ4v) is 3.40. The highest BCUT2D eigenvalue weighted by Crippen LogP contribution is 2.25. The van der Waals surface area contributed by atoms with Crippen LogP contribution in [0.2, 0.25) is 0 Å². The number of amides is 2. The maximum absolute atomic E-state index is 12.9. The summed E-state index contributed by atoms with van der Waals surface area (Å²) in [5, 5.41) is 6.40. The SMILES string of the molecule is O=C(Nc1ccc(F)cc1)N1CCCCC1C1CCCN1. The zero-order valence-corrected chi connectivity index (χ0v) is 12.1. The van der Waals surface area contributed by atoms with Crippen molar-refractivity contribution in [1.82, 2.24) is 10.2 Å². The summed E-state index contributed by atoms with van der Waals surface area (Å²) < 4.78 is 12.9. The molecule has 0 radical (unpaired) electrons. The lowest BCUT2D eigenvalue weighted by atomic mass is 9.95. The Bertz CT molecular complexity index is 485. The number of hydrogen-bond acceptors (Lipinski definition) is 2. The molecule has 2 unspecified atom stereocenters. The van der Waals surface area contributed by atoms with Crippen LogP contribution in [0.1, 0.15) is 32.1 Å². The first-order chi connectivity index (χ1) is 10.2. The number of piperidine rings is 1. The van der Waals surface area contributed by atoms with Crippen molar-refractivity contribution in [2.45, 2.75) is 44.2 Å². The van der Waals surface area contributed by atoms with Crippen LogP contribution in [-0.2, 0) is 0 Å². The van der Waals surface area contributed by atoms with E-state index in [2.05, 4.69) is 10.6 Å². The van der Waals surface area contributed by atoms with E-state index in [1.807, 2.05) is 4.90 Å². The van der Waals surface area contributed by atoms with Crippen LogP contribution >= 0.6 is 0 Å². The Morgan fingerprint density at radius 1 is 1.19 bits per heavy atom. The normalized spacial score (nSPS) is 25.9. The monoisotopic (exact) mass is 291 g/mol. The summed E-state index contributed by atoms with van der Waals surface area (Å²) in [5.41, 5.74) is 0.644. The van der Waals surface area contributed by atoms with Crippen LogP contribution in [0, 0.1) is 5.82 Å². The largest absolute Gasteiger partial charge is 0.322 e. The first-order valence-corrected chi connectivity index (χ1v) is 7.80. The molecule has 1 aromatic carbocycles. The van der Waals surface area contributed by atoms with Crippen molar-refractivity contribution < 1.29 is 9.18 Å². The highest BCUT2D eigenvalue weighted by atomic mass is 19.1. The molecule has 2 aliphatic heterocycles. The van der Waals surface area contributed by atoms with Gasteiger partial charge in [-0.15, -0.1) is 0 Å². The summed E-state index contributed by atoms with van der Waals surface area (Å²) >= 11 is 0. The fourth-order valence-electron chi connectivity index (χ4n) is 3.40. The average Bonchev–Trinajstić information content (AvgIpc) is 3.04. The molecule has 0 bridgehead atoms. The summed E-state index contributed by atoms with van der Waals surface area (Å²) in [6, 6.07) is 6.55. The Kier molecular flexibility index (Phi) is 4.39. The Hall–Kier alpha value is -1.62. The van der Waals surface area contributed by atoms with Gasteiger partial charge in [0.2, 0.25) is 0 Å². The van der Waals surface area contributed by atoms with E-state index < -0.39 is 0 Å². The van der Waals surface area contributed by atoms with Crippen LogP contribution in [0.15, 0.2) is 24.3 Å². The number of carbonyl (C=O) groups is 1. The van der Waals surface area contributed by atoms with E-state index in [0.717, 1.165) is 32.4 Å². The number of likely N-dealkylation sites (tertiary alicyclic amines) is 1. The Labute approximate surface area is 124 Å². The number of carbonyl (C=O) groups excluding carboxylic acids is 1. The molecule has 114 valence electrons. The quantitative estimate of drug-likeness (QED) is 0.880. The van der Waals surface area contributed by atoms with Crippen LogP contribution in [0.5, 0.6) is 0 Å². The Morgan fingerprint density at radius 3 is 2.71 bits per heavy atom. The topological polar surface area (TPSA) is 44.4 Å². The van der Waals surface area contributed by atoms with Crippen LogP contribution in [0.25, 0.3) is 0 Å². The van der Waals surface area contributed by atoms with Crippen molar-refractivity contribution in [2.24, 2.45) is 0 Å². The Morgan fingerprint density at radius 2 is 2.00 bits per heavy atom. The molecule has 5 heteroatoms. The number of anilines is 1. The van der Waals surface area contributed by atoms with E-state index in [-0.39, 0.29) is 17.9 Å². The third-order valence-corrected chi connectivity index (χ3v) is 4.47. The standard InChI is InChI=1S/C16H22FN3O/c17-12-6-8-13(9-7-12)19-16(21)20-11-2-1-5-15(20)14-4-3-10-18-14/h6-9,14-15,18H,1-5,10-11H2,(H,19,21). The number of rotatable bonds is 2. The second-order valence-electron chi connectivity index (χ2n) is 5.90. The first kappa shape index (κ1) is 14.3. The minimum Gasteiger partial charge on any atom is -0.320 e. The molecule has 2 saturated heterocycles. The zero-order chi connectivity index (χ0) is 14.7. The number of benzene rings is 1. The predicted molar refractivity (Wildman–Crippen MR) is 80.8 cm³/mol. The van der Waals surface area contributed by atoms with Gasteiger partial charge in [0.15, 0.2) is 0 Å². The average molecular weight is 291 g/mol. The van der Waals surface area contributed by atoms with Crippen LogP contribution in [0.4, 0.5) is 14.9 Å². The molecule has 2 aliphatic rings. The van der Waals surface area contributed by atoms with Crippen molar-refractivity contribution in [3.63, 3.8) is 0 Å². The molecule has 2 atom stereocenters. The summed E-state index contributed by atoms with van der Waals surface area (Å²) in [4.78, 5) is 14.5. The first-order valence-electron chi connectivity index (χ1n) is 7.80. The summed E-state index contributed by atoms with van der Waals surface area (Å²) in [6.45, 7) is 1.85. The molecular formula is C16H22FN3O. The summed E-state index contributed by atoms with van der Waals surface area (Å²) in [6.07, 6.45) is 5.64. The third-order valence-electron chi connectivity index (χ3n) is 4.47. The maximum Gasteiger partial charge on any atom is 0.322 e. The fraction of sp³-hybridized carbons (Fsp3) is 0.562. The van der Waals surface area contributed by atoms with Gasteiger partial charge >= 0.3 is 6.03 Å². The third kappa shape index (κ3) is 3.35. The van der Waals surface area contributed by atoms with Gasteiger partial charge in [0, 0.05) is 24.3 Å². The van der Waals surface area contributed by atoms with Gasteiger partial charge in [-0.3, -0.25) is 0 Å². The molecule has 2 fully saturated rings. The van der Waals surface area contributed by atoms with Gasteiger partial charge in [-0.2, -0.15) is 0 Å². The molecule has 1 aromatic rings. The molecule has 0 spiro atoms. The van der Waals surface area contributed by atoms with Crippen molar-refractivity contribution in [3.05, 3.63) is 30.1 Å². The Balaban J connectivity index is 1.67. The lowest BCUT2D eigenvalue weighted by Gasteiger charge is -2.39. The van der Waals surface area contributed by atoms with E-state index in [4.69, 9.17) is 0 Å². The number of hydrogen-bond donors (Lipinski definition) is 2. The lowest BCUT2D eigenvalue weighted by Crippen LogP contribution is -2.53. The second-order valence-corrected chi connectivity index (χ2v) is 5.90. The van der Waals surface area contributed by atoms with Gasteiger partial charge in [-0.25, -0.2) is 9.18 Å². The predicted octanol–water partition coefficient (Wildman–Crippen LogP) is 2.96. The van der Waals surface area contributed by atoms with Gasteiger partial charge < -0.3 is 15.5 Å². The second kappa shape index (κ2) is 6.43. The molecular weight excluding hydrogens is 269 g/mol. The van der Waals surface area contributed by atoms with Gasteiger partial charge in [0.05, 0.1) is 0 Å². The van der Waals surface area contributed by atoms with Crippen LogP contribution < -0.4 is 10.6 Å². The number of urea groups is 1. The zero-order valence-electron chi connectivity index (χ0n) is 12.1. The van der Waals surface area contributed by atoms with Crippen LogP contribution in [-0.4, -0.2) is 36.1 Å². The lowest BCUT2D eigenvalue weighted by molar-refractivity contribution is 0.143. The minimum absolute atomic E-state index is 0.0694. The van der Waals surface area contributed by atoms with E-state index in [0.29, 0.717) is 11.7 Å². The highest BCUT2D eigenvalue weighted by Gasteiger charge is 2.34. The van der Waals surface area contributed by atoms with E-state index in [9.17, 15) is 9.18 Å². The van der Waals surface area contributed by atoms with Crippen molar-refractivity contribution >= 4 is 11.7 Å². The number of nitrogens with zero attached hydrogens (tertiary/aromatic N) is 1. The molecule has 4 nitrogen and oxygen atoms in total. The van der Waals surface area contributed by atoms with Crippen LogP contribution in [0.3, 0.4) is 0 Å². The molecule has 0 aromatic heterocycles. The molecule has 3 rings (SSSR count). The number of nitrogens with one attached hydrogen (secondary N) is 2. The van der Waals surface area contributed by atoms with E-state index in [1.165, 1.54) is 25.0 Å². The molecule has 0 saturated carbocycles. The maximum atomic E-state index is 12.9. The van der Waals surface area contributed by atoms with Crippen molar-refractivity contribution in [2.75, 3.05) is 18.4 Å². The smallest absolute Gasteiger partial charge is 0.320 e.